The molecule has 4 rings (SSSR count). The van der Waals surface area contributed by atoms with Crippen LogP contribution in [0.4, 0.5) is 4.79 Å². The molecule has 1 aliphatic carbocycles. The van der Waals surface area contributed by atoms with Gasteiger partial charge in [-0.3, -0.25) is 9.59 Å². The summed E-state index contributed by atoms with van der Waals surface area (Å²) in [6.45, 7) is 11.6. The lowest BCUT2D eigenvalue weighted by Gasteiger charge is -2.45. The van der Waals surface area contributed by atoms with Gasteiger partial charge >= 0.3 is 6.09 Å². The molecule has 1 saturated carbocycles. The normalized spacial score (nSPS) is 17.8. The molecule has 270 valence electrons. The number of aryl methyl sites for hydroxylation is 1. The van der Waals surface area contributed by atoms with E-state index in [4.69, 9.17) is 18.9 Å². The predicted octanol–water partition coefficient (Wildman–Crippen LogP) is 6.74. The Labute approximate surface area is 293 Å². The quantitative estimate of drug-likeness (QED) is 0.181. The molecule has 1 heterocycles. The van der Waals surface area contributed by atoms with Gasteiger partial charge in [-0.05, 0) is 96.9 Å². The Morgan fingerprint density at radius 2 is 1.63 bits per heavy atom. The summed E-state index contributed by atoms with van der Waals surface area (Å²) in [7, 11) is 3.23. The highest BCUT2D eigenvalue weighted by molar-refractivity contribution is 5.95. The topological polar surface area (TPSA) is 97.9 Å². The first-order chi connectivity index (χ1) is 23.4. The molecular formula is C39H57N3O7. The van der Waals surface area contributed by atoms with Crippen LogP contribution in [0.15, 0.2) is 48.5 Å². The van der Waals surface area contributed by atoms with Crippen molar-refractivity contribution >= 4 is 17.9 Å². The molecule has 2 aromatic carbocycles. The van der Waals surface area contributed by atoms with Gasteiger partial charge in [0.1, 0.15) is 5.60 Å². The van der Waals surface area contributed by atoms with Crippen molar-refractivity contribution in [3.05, 3.63) is 59.7 Å². The average Bonchev–Trinajstić information content (AvgIpc) is 3.91. The zero-order valence-electron chi connectivity index (χ0n) is 30.6. The number of amides is 3. The van der Waals surface area contributed by atoms with Crippen LogP contribution < -0.4 is 9.47 Å². The number of hydrogen-bond acceptors (Lipinski definition) is 7. The number of ether oxygens (including phenoxy) is 4. The number of rotatable bonds is 16. The predicted molar refractivity (Wildman–Crippen MR) is 190 cm³/mol. The molecular weight excluding hydrogens is 622 g/mol. The fraction of sp³-hybridized carbons (Fsp3) is 0.615. The minimum Gasteiger partial charge on any atom is -0.493 e. The zero-order valence-corrected chi connectivity index (χ0v) is 30.6. The minimum atomic E-state index is -0.668. The van der Waals surface area contributed by atoms with E-state index in [1.807, 2.05) is 62.6 Å². The van der Waals surface area contributed by atoms with E-state index >= 15 is 0 Å². The standard InChI is InChI=1S/C39H57N3O7/c1-28(2)42(37(44)30-15-20-34(47-7)35(26-30)48-25-11-24-46-6)33-19-18-32(41(27-33)38(45)49-39(3,4)5)22-23-40(31-16-17-31)36(43)21-14-29-12-9-8-10-13-29/h8-10,12-13,15,20,26,28,31-33H,11,14,16-19,21-25,27H2,1-7H3/t32-,33+/m0/s1. The molecule has 0 bridgehead atoms. The van der Waals surface area contributed by atoms with Crippen LogP contribution in [0.1, 0.15) is 95.5 Å². The second-order valence-electron chi connectivity index (χ2n) is 14.5. The second-order valence-corrected chi connectivity index (χ2v) is 14.5. The van der Waals surface area contributed by atoms with Gasteiger partial charge < -0.3 is 33.6 Å². The summed E-state index contributed by atoms with van der Waals surface area (Å²) in [5.41, 5.74) is 0.986. The molecule has 10 nitrogen and oxygen atoms in total. The fourth-order valence-corrected chi connectivity index (χ4v) is 6.58. The van der Waals surface area contributed by atoms with Crippen LogP contribution in [-0.4, -0.2) is 103 Å². The Balaban J connectivity index is 1.48. The molecule has 2 aliphatic rings. The van der Waals surface area contributed by atoms with Gasteiger partial charge in [-0.2, -0.15) is 0 Å². The van der Waals surface area contributed by atoms with Crippen molar-refractivity contribution in [3.63, 3.8) is 0 Å². The van der Waals surface area contributed by atoms with Gasteiger partial charge in [-0.15, -0.1) is 0 Å². The number of carbonyl (C=O) groups excluding carboxylic acids is 3. The molecule has 3 amide bonds. The van der Waals surface area contributed by atoms with E-state index in [2.05, 4.69) is 12.1 Å². The number of carbonyl (C=O) groups is 3. The molecule has 2 atom stereocenters. The Hall–Kier alpha value is -3.79. The lowest BCUT2D eigenvalue weighted by atomic mass is 9.93. The third-order valence-electron chi connectivity index (χ3n) is 9.14. The molecule has 10 heteroatoms. The number of piperidine rings is 1. The first-order valence-electron chi connectivity index (χ1n) is 17.9. The maximum absolute atomic E-state index is 14.2. The van der Waals surface area contributed by atoms with Crippen LogP contribution in [-0.2, 0) is 20.7 Å². The van der Waals surface area contributed by atoms with Crippen LogP contribution in [0.25, 0.3) is 0 Å². The highest BCUT2D eigenvalue weighted by Crippen LogP contribution is 2.33. The molecule has 1 aliphatic heterocycles. The Kier molecular flexibility index (Phi) is 13.8. The summed E-state index contributed by atoms with van der Waals surface area (Å²) in [6.07, 6.45) is 5.66. The van der Waals surface area contributed by atoms with E-state index in [0.717, 1.165) is 24.8 Å². The summed E-state index contributed by atoms with van der Waals surface area (Å²) in [4.78, 5) is 47.0. The third-order valence-corrected chi connectivity index (χ3v) is 9.14. The maximum Gasteiger partial charge on any atom is 0.410 e. The van der Waals surface area contributed by atoms with Gasteiger partial charge in [0.2, 0.25) is 5.91 Å². The van der Waals surface area contributed by atoms with Gasteiger partial charge in [0.05, 0.1) is 19.8 Å². The largest absolute Gasteiger partial charge is 0.493 e. The number of benzene rings is 2. The molecule has 2 fully saturated rings. The van der Waals surface area contributed by atoms with E-state index < -0.39 is 5.60 Å². The van der Waals surface area contributed by atoms with E-state index in [1.54, 1.807) is 37.3 Å². The van der Waals surface area contributed by atoms with Crippen molar-refractivity contribution in [1.29, 1.82) is 0 Å². The second kappa shape index (κ2) is 17.7. The summed E-state index contributed by atoms with van der Waals surface area (Å²) < 4.78 is 22.5. The van der Waals surface area contributed by atoms with Crippen molar-refractivity contribution in [3.8, 4) is 11.5 Å². The Morgan fingerprint density at radius 3 is 2.27 bits per heavy atom. The van der Waals surface area contributed by atoms with Crippen LogP contribution in [0.5, 0.6) is 11.5 Å². The molecule has 0 N–H and O–H groups in total. The molecule has 49 heavy (non-hydrogen) atoms. The number of likely N-dealkylation sites (tertiary alicyclic amines) is 1. The number of nitrogens with zero attached hydrogens (tertiary/aromatic N) is 3. The van der Waals surface area contributed by atoms with Crippen molar-refractivity contribution in [2.24, 2.45) is 0 Å². The Bertz CT molecular complexity index is 1370. The van der Waals surface area contributed by atoms with Crippen molar-refractivity contribution in [2.45, 2.75) is 116 Å². The molecule has 2 aromatic rings. The van der Waals surface area contributed by atoms with E-state index in [0.29, 0.717) is 75.5 Å². The lowest BCUT2D eigenvalue weighted by molar-refractivity contribution is -0.132. The van der Waals surface area contributed by atoms with E-state index in [9.17, 15) is 14.4 Å². The number of methoxy groups -OCH3 is 2. The fourth-order valence-electron chi connectivity index (χ4n) is 6.58. The van der Waals surface area contributed by atoms with Crippen LogP contribution in [0.2, 0.25) is 0 Å². The molecule has 1 saturated heterocycles. The monoisotopic (exact) mass is 679 g/mol. The van der Waals surface area contributed by atoms with Crippen molar-refractivity contribution in [2.75, 3.05) is 40.5 Å². The number of hydrogen-bond donors (Lipinski definition) is 0. The van der Waals surface area contributed by atoms with Gasteiger partial charge in [0.15, 0.2) is 11.5 Å². The van der Waals surface area contributed by atoms with E-state index in [-0.39, 0.29) is 42.1 Å². The summed E-state index contributed by atoms with van der Waals surface area (Å²) in [5.74, 6) is 1.10. The lowest BCUT2D eigenvalue weighted by Crippen LogP contribution is -2.58. The van der Waals surface area contributed by atoms with Gasteiger partial charge in [-0.25, -0.2) is 4.79 Å². The minimum absolute atomic E-state index is 0.105. The summed E-state index contributed by atoms with van der Waals surface area (Å²) >= 11 is 0. The van der Waals surface area contributed by atoms with Gasteiger partial charge in [-0.1, -0.05) is 30.3 Å². The summed E-state index contributed by atoms with van der Waals surface area (Å²) in [5, 5.41) is 0. The zero-order chi connectivity index (χ0) is 35.6. The SMILES string of the molecule is COCCCOc1cc(C(=O)N(C(C)C)[C@@H]2CC[C@@H](CCN(C(=O)CCc3ccccc3)C3CC3)N(C(=O)OC(C)(C)C)C2)ccc1OC. The highest BCUT2D eigenvalue weighted by Gasteiger charge is 2.40. The molecule has 0 radical (unpaired) electrons. The van der Waals surface area contributed by atoms with Crippen LogP contribution in [0.3, 0.4) is 0 Å². The smallest absolute Gasteiger partial charge is 0.410 e. The molecule has 0 unspecified atom stereocenters. The maximum atomic E-state index is 14.2. The van der Waals surface area contributed by atoms with Crippen LogP contribution in [0, 0.1) is 0 Å². The first-order valence-corrected chi connectivity index (χ1v) is 17.9. The molecule has 0 spiro atoms. The summed E-state index contributed by atoms with van der Waals surface area (Å²) in [6, 6.07) is 15.2. The van der Waals surface area contributed by atoms with Gasteiger partial charge in [0.25, 0.3) is 5.91 Å². The van der Waals surface area contributed by atoms with Crippen LogP contribution >= 0.6 is 0 Å². The highest BCUT2D eigenvalue weighted by atomic mass is 16.6. The third kappa shape index (κ3) is 11.1. The van der Waals surface area contributed by atoms with Crippen molar-refractivity contribution in [1.82, 2.24) is 14.7 Å². The average molecular weight is 680 g/mol. The van der Waals surface area contributed by atoms with E-state index in [1.165, 1.54) is 0 Å². The van der Waals surface area contributed by atoms with Gasteiger partial charge in [0, 0.05) is 63.3 Å². The molecule has 0 aromatic heterocycles. The first kappa shape index (κ1) is 38.0. The Morgan fingerprint density at radius 1 is 0.918 bits per heavy atom. The van der Waals surface area contributed by atoms with Crippen molar-refractivity contribution < 1.29 is 33.3 Å².